The van der Waals surface area contributed by atoms with E-state index in [9.17, 15) is 13.2 Å². The highest BCUT2D eigenvalue weighted by Crippen LogP contribution is 2.37. The summed E-state index contributed by atoms with van der Waals surface area (Å²) in [5, 5.41) is 5.50. The van der Waals surface area contributed by atoms with Crippen molar-refractivity contribution >= 4 is 23.1 Å². The van der Waals surface area contributed by atoms with Gasteiger partial charge in [0.2, 0.25) is 5.95 Å². The molecule has 30 heavy (non-hydrogen) atoms. The van der Waals surface area contributed by atoms with Crippen LogP contribution in [0.3, 0.4) is 0 Å². The number of halogens is 3. The van der Waals surface area contributed by atoms with Crippen molar-refractivity contribution in [3.63, 3.8) is 0 Å². The maximum Gasteiger partial charge on any atom is 0.421 e. The average Bonchev–Trinajstić information content (AvgIpc) is 2.71. The number of nitrogens with zero attached hydrogens (tertiary/aromatic N) is 3. The number of alkyl halides is 3. The second-order valence-electron chi connectivity index (χ2n) is 7.28. The number of hydrogen-bond acceptors (Lipinski definition) is 7. The fourth-order valence-electron chi connectivity index (χ4n) is 3.36. The van der Waals surface area contributed by atoms with E-state index in [1.807, 2.05) is 18.2 Å². The van der Waals surface area contributed by atoms with Gasteiger partial charge in [0.15, 0.2) is 0 Å². The van der Waals surface area contributed by atoms with Gasteiger partial charge >= 0.3 is 6.18 Å². The minimum absolute atomic E-state index is 0.0601. The third kappa shape index (κ3) is 4.53. The Hall–Kier alpha value is -2.75. The molecule has 10 heteroatoms. The number of benzene rings is 1. The van der Waals surface area contributed by atoms with E-state index in [2.05, 4.69) is 25.5 Å². The van der Waals surface area contributed by atoms with E-state index in [0.29, 0.717) is 24.7 Å². The van der Waals surface area contributed by atoms with Gasteiger partial charge in [0.05, 0.1) is 25.0 Å². The summed E-state index contributed by atoms with van der Waals surface area (Å²) in [4.78, 5) is 10.1. The van der Waals surface area contributed by atoms with Gasteiger partial charge in [-0.2, -0.15) is 18.2 Å². The van der Waals surface area contributed by atoms with Crippen LogP contribution >= 0.6 is 0 Å². The summed E-state index contributed by atoms with van der Waals surface area (Å²) < 4.78 is 50.8. The van der Waals surface area contributed by atoms with Crippen molar-refractivity contribution in [1.82, 2.24) is 9.97 Å². The van der Waals surface area contributed by atoms with Gasteiger partial charge in [-0.15, -0.1) is 0 Å². The predicted molar refractivity (Wildman–Crippen MR) is 108 cm³/mol. The molecule has 1 saturated carbocycles. The van der Waals surface area contributed by atoms with Crippen molar-refractivity contribution in [2.75, 3.05) is 48.9 Å². The SMILES string of the molecule is CNc1nc(Nc2ccc(N3CCOCC3)cc2OC2CCC2)ncc1C(F)(F)F. The number of rotatable bonds is 6. The van der Waals surface area contributed by atoms with E-state index in [-0.39, 0.29) is 17.9 Å². The van der Waals surface area contributed by atoms with Gasteiger partial charge in [0, 0.05) is 38.1 Å². The quantitative estimate of drug-likeness (QED) is 0.726. The number of nitrogens with one attached hydrogen (secondary N) is 2. The third-order valence-corrected chi connectivity index (χ3v) is 5.26. The van der Waals surface area contributed by atoms with Gasteiger partial charge in [-0.3, -0.25) is 0 Å². The summed E-state index contributed by atoms with van der Waals surface area (Å²) in [7, 11) is 1.39. The molecule has 4 rings (SSSR count). The average molecular weight is 423 g/mol. The first-order valence-corrected chi connectivity index (χ1v) is 9.96. The first-order valence-electron chi connectivity index (χ1n) is 9.96. The highest BCUT2D eigenvalue weighted by atomic mass is 19.4. The third-order valence-electron chi connectivity index (χ3n) is 5.26. The molecule has 0 amide bonds. The van der Waals surface area contributed by atoms with E-state index in [1.54, 1.807) is 0 Å². The smallest absolute Gasteiger partial charge is 0.421 e. The minimum Gasteiger partial charge on any atom is -0.488 e. The van der Waals surface area contributed by atoms with E-state index in [4.69, 9.17) is 9.47 Å². The van der Waals surface area contributed by atoms with E-state index >= 15 is 0 Å². The van der Waals surface area contributed by atoms with Crippen LogP contribution in [0.1, 0.15) is 24.8 Å². The zero-order valence-corrected chi connectivity index (χ0v) is 16.6. The second kappa shape index (κ2) is 8.55. The first-order chi connectivity index (χ1) is 14.4. The lowest BCUT2D eigenvalue weighted by molar-refractivity contribution is -0.137. The number of anilines is 4. The molecule has 162 valence electrons. The molecule has 2 aromatic rings. The Labute approximate surface area is 172 Å². The first kappa shape index (κ1) is 20.5. The van der Waals surface area contributed by atoms with Gasteiger partial charge < -0.3 is 25.0 Å². The van der Waals surface area contributed by atoms with Crippen molar-refractivity contribution in [2.24, 2.45) is 0 Å². The standard InChI is InChI=1S/C20H24F3N5O2/c1-24-18-15(20(21,22)23)12-25-19(27-18)26-16-6-5-13(28-7-9-29-10-8-28)11-17(16)30-14-3-2-4-14/h5-6,11-12,14H,2-4,7-10H2,1H3,(H2,24,25,26,27). The van der Waals surface area contributed by atoms with Gasteiger partial charge in [-0.25, -0.2) is 4.98 Å². The van der Waals surface area contributed by atoms with Crippen LogP contribution in [0, 0.1) is 0 Å². The van der Waals surface area contributed by atoms with E-state index in [1.165, 1.54) is 7.05 Å². The van der Waals surface area contributed by atoms with E-state index < -0.39 is 11.7 Å². The summed E-state index contributed by atoms with van der Waals surface area (Å²) in [5.41, 5.74) is 0.715. The predicted octanol–water partition coefficient (Wildman–Crippen LogP) is 4.05. The molecule has 2 fully saturated rings. The molecule has 7 nitrogen and oxygen atoms in total. The van der Waals surface area contributed by atoms with Gasteiger partial charge in [-0.1, -0.05) is 0 Å². The number of ether oxygens (including phenoxy) is 2. The van der Waals surface area contributed by atoms with Crippen LogP contribution in [0.15, 0.2) is 24.4 Å². The molecule has 2 heterocycles. The van der Waals surface area contributed by atoms with E-state index in [0.717, 1.165) is 44.2 Å². The molecular formula is C20H24F3N5O2. The molecule has 0 radical (unpaired) electrons. The summed E-state index contributed by atoms with van der Waals surface area (Å²) in [5.74, 6) is 0.412. The van der Waals surface area contributed by atoms with Crippen LogP contribution in [0.4, 0.5) is 36.3 Å². The monoisotopic (exact) mass is 423 g/mol. The molecule has 0 unspecified atom stereocenters. The van der Waals surface area contributed by atoms with Crippen molar-refractivity contribution in [1.29, 1.82) is 0 Å². The van der Waals surface area contributed by atoms with Crippen LogP contribution in [0.2, 0.25) is 0 Å². The zero-order valence-electron chi connectivity index (χ0n) is 16.6. The Morgan fingerprint density at radius 3 is 2.60 bits per heavy atom. The molecule has 2 N–H and O–H groups in total. The number of morpholine rings is 1. The molecular weight excluding hydrogens is 399 g/mol. The number of aromatic nitrogens is 2. The molecule has 1 saturated heterocycles. The maximum atomic E-state index is 13.1. The lowest BCUT2D eigenvalue weighted by Gasteiger charge is -2.31. The lowest BCUT2D eigenvalue weighted by atomic mass is 9.96. The Morgan fingerprint density at radius 2 is 1.97 bits per heavy atom. The Morgan fingerprint density at radius 1 is 1.20 bits per heavy atom. The molecule has 1 aromatic carbocycles. The van der Waals surface area contributed by atoms with Crippen molar-refractivity contribution in [3.05, 3.63) is 30.0 Å². The number of hydrogen-bond donors (Lipinski definition) is 2. The topological polar surface area (TPSA) is 71.5 Å². The fourth-order valence-corrected chi connectivity index (χ4v) is 3.36. The van der Waals surface area contributed by atoms with Crippen molar-refractivity contribution < 1.29 is 22.6 Å². The summed E-state index contributed by atoms with van der Waals surface area (Å²) in [6.45, 7) is 2.93. The van der Waals surface area contributed by atoms with Gasteiger partial charge in [0.1, 0.15) is 17.1 Å². The molecule has 0 atom stereocenters. The molecule has 1 aromatic heterocycles. The summed E-state index contributed by atoms with van der Waals surface area (Å²) in [6, 6.07) is 5.75. The van der Waals surface area contributed by atoms with Gasteiger partial charge in [-0.05, 0) is 31.4 Å². The summed E-state index contributed by atoms with van der Waals surface area (Å²) >= 11 is 0. The molecule has 0 bridgehead atoms. The Balaban J connectivity index is 1.60. The summed E-state index contributed by atoms with van der Waals surface area (Å²) in [6.07, 6.45) is -0.509. The molecule has 1 aliphatic carbocycles. The van der Waals surface area contributed by atoms with Crippen LogP contribution in [-0.4, -0.2) is 49.4 Å². The lowest BCUT2D eigenvalue weighted by Crippen LogP contribution is -2.36. The zero-order chi connectivity index (χ0) is 21.1. The van der Waals surface area contributed by atoms with Crippen LogP contribution in [0.5, 0.6) is 5.75 Å². The van der Waals surface area contributed by atoms with Gasteiger partial charge in [0.25, 0.3) is 0 Å². The van der Waals surface area contributed by atoms with Crippen molar-refractivity contribution in [3.8, 4) is 5.75 Å². The van der Waals surface area contributed by atoms with Crippen molar-refractivity contribution in [2.45, 2.75) is 31.5 Å². The normalized spacial score (nSPS) is 17.4. The molecule has 0 spiro atoms. The van der Waals surface area contributed by atoms with Crippen LogP contribution in [-0.2, 0) is 10.9 Å². The second-order valence-corrected chi connectivity index (χ2v) is 7.28. The Bertz CT molecular complexity index is 883. The highest BCUT2D eigenvalue weighted by Gasteiger charge is 2.35. The van der Waals surface area contributed by atoms with Crippen LogP contribution < -0.4 is 20.3 Å². The fraction of sp³-hybridized carbons (Fsp3) is 0.500. The molecule has 2 aliphatic rings. The minimum atomic E-state index is -4.53. The molecule has 1 aliphatic heterocycles. The highest BCUT2D eigenvalue weighted by molar-refractivity contribution is 5.69. The Kier molecular flexibility index (Phi) is 5.85. The largest absolute Gasteiger partial charge is 0.488 e. The maximum absolute atomic E-state index is 13.1. The van der Waals surface area contributed by atoms with Crippen LogP contribution in [0.25, 0.3) is 0 Å².